The molecule has 1 saturated heterocycles. The Balaban J connectivity index is 2.03. The third-order valence-electron chi connectivity index (χ3n) is 3.79. The highest BCUT2D eigenvalue weighted by atomic mass is 16.4. The van der Waals surface area contributed by atoms with Crippen molar-refractivity contribution in [2.75, 3.05) is 6.54 Å². The van der Waals surface area contributed by atoms with E-state index in [0.29, 0.717) is 25.3 Å². The first kappa shape index (κ1) is 14.6. The molecule has 1 aliphatic rings. The minimum absolute atomic E-state index is 0.136. The lowest BCUT2D eigenvalue weighted by Crippen LogP contribution is -2.30. The van der Waals surface area contributed by atoms with Crippen molar-refractivity contribution >= 4 is 11.8 Å². The number of nitrogens with zero attached hydrogens (tertiary/aromatic N) is 1. The van der Waals surface area contributed by atoms with Crippen LogP contribution in [-0.2, 0) is 11.3 Å². The molecule has 0 radical (unpaired) electrons. The summed E-state index contributed by atoms with van der Waals surface area (Å²) < 4.78 is 5.39. The van der Waals surface area contributed by atoms with Gasteiger partial charge in [-0.25, -0.2) is 5.84 Å². The van der Waals surface area contributed by atoms with Gasteiger partial charge in [0.2, 0.25) is 5.91 Å². The lowest BCUT2D eigenvalue weighted by molar-refractivity contribution is -0.131. The Morgan fingerprint density at radius 3 is 2.90 bits per heavy atom. The lowest BCUT2D eigenvalue weighted by atomic mass is 9.85. The van der Waals surface area contributed by atoms with Gasteiger partial charge < -0.3 is 9.32 Å². The number of likely N-dealkylation sites (tertiary alicyclic amines) is 1. The maximum atomic E-state index is 12.1. The van der Waals surface area contributed by atoms with Crippen LogP contribution in [0.25, 0.3) is 0 Å². The van der Waals surface area contributed by atoms with Crippen molar-refractivity contribution < 1.29 is 14.0 Å². The van der Waals surface area contributed by atoms with Crippen molar-refractivity contribution in [3.63, 3.8) is 0 Å². The Labute approximate surface area is 118 Å². The number of carbonyl (C=O) groups excluding carboxylic acids is 2. The van der Waals surface area contributed by atoms with Crippen LogP contribution in [0, 0.1) is 5.41 Å². The van der Waals surface area contributed by atoms with E-state index in [1.165, 1.54) is 0 Å². The number of nitrogens with one attached hydrogen (secondary N) is 1. The largest absolute Gasteiger partial charge is 0.454 e. The predicted molar refractivity (Wildman–Crippen MR) is 73.4 cm³/mol. The monoisotopic (exact) mass is 279 g/mol. The number of hydrogen-bond donors (Lipinski definition) is 2. The number of amides is 2. The second-order valence-corrected chi connectivity index (χ2v) is 5.97. The lowest BCUT2D eigenvalue weighted by Gasteiger charge is -2.22. The van der Waals surface area contributed by atoms with Gasteiger partial charge in [0.05, 0.1) is 6.54 Å². The zero-order chi connectivity index (χ0) is 14.8. The van der Waals surface area contributed by atoms with Crippen LogP contribution in [0.4, 0.5) is 0 Å². The molecule has 1 aliphatic heterocycles. The van der Waals surface area contributed by atoms with Crippen LogP contribution in [0.1, 0.15) is 49.4 Å². The average molecular weight is 279 g/mol. The van der Waals surface area contributed by atoms with E-state index in [1.54, 1.807) is 17.0 Å². The molecule has 0 aromatic carbocycles. The molecular formula is C14H21N3O3. The molecule has 1 aromatic heterocycles. The Hall–Kier alpha value is -1.82. The Bertz CT molecular complexity index is 508. The first-order valence-electron chi connectivity index (χ1n) is 6.79. The van der Waals surface area contributed by atoms with Crippen molar-refractivity contribution in [3.8, 4) is 0 Å². The van der Waals surface area contributed by atoms with Crippen LogP contribution in [-0.4, -0.2) is 23.3 Å². The van der Waals surface area contributed by atoms with Gasteiger partial charge in [0.1, 0.15) is 5.76 Å². The fraction of sp³-hybridized carbons (Fsp3) is 0.571. The Kier molecular flexibility index (Phi) is 4.13. The maximum absolute atomic E-state index is 12.1. The zero-order valence-electron chi connectivity index (χ0n) is 11.9. The van der Waals surface area contributed by atoms with Crippen molar-refractivity contribution in [2.45, 2.75) is 39.7 Å². The molecule has 0 bridgehead atoms. The molecule has 6 heteroatoms. The van der Waals surface area contributed by atoms with E-state index in [2.05, 4.69) is 13.8 Å². The number of nitrogen functional groups attached to an aromatic ring is 1. The predicted octanol–water partition coefficient (Wildman–Crippen LogP) is 1.42. The van der Waals surface area contributed by atoms with Crippen LogP contribution >= 0.6 is 0 Å². The van der Waals surface area contributed by atoms with Gasteiger partial charge in [-0.2, -0.15) is 0 Å². The molecule has 0 unspecified atom stereocenters. The summed E-state index contributed by atoms with van der Waals surface area (Å²) in [7, 11) is 0. The van der Waals surface area contributed by atoms with Gasteiger partial charge in [-0.1, -0.05) is 13.8 Å². The third kappa shape index (κ3) is 3.39. The number of nitrogens with two attached hydrogens (primary N) is 1. The summed E-state index contributed by atoms with van der Waals surface area (Å²) in [6, 6.07) is 3.26. The van der Waals surface area contributed by atoms with Gasteiger partial charge in [-0.05, 0) is 30.4 Å². The smallest absolute Gasteiger partial charge is 0.300 e. The minimum atomic E-state index is -0.473. The number of hydrogen-bond acceptors (Lipinski definition) is 4. The Morgan fingerprint density at radius 1 is 1.45 bits per heavy atom. The fourth-order valence-electron chi connectivity index (χ4n) is 2.30. The topological polar surface area (TPSA) is 88.6 Å². The van der Waals surface area contributed by atoms with E-state index in [9.17, 15) is 9.59 Å². The molecule has 1 aromatic rings. The molecule has 2 heterocycles. The van der Waals surface area contributed by atoms with Crippen molar-refractivity contribution in [1.29, 1.82) is 0 Å². The van der Waals surface area contributed by atoms with E-state index >= 15 is 0 Å². The Morgan fingerprint density at radius 2 is 2.20 bits per heavy atom. The zero-order valence-corrected chi connectivity index (χ0v) is 11.9. The van der Waals surface area contributed by atoms with Crippen LogP contribution in [0.15, 0.2) is 16.5 Å². The number of rotatable bonds is 3. The van der Waals surface area contributed by atoms with Gasteiger partial charge in [0, 0.05) is 13.0 Å². The summed E-state index contributed by atoms with van der Waals surface area (Å²) >= 11 is 0. The average Bonchev–Trinajstić information content (AvgIpc) is 2.83. The fourth-order valence-corrected chi connectivity index (χ4v) is 2.30. The quantitative estimate of drug-likeness (QED) is 0.497. The summed E-state index contributed by atoms with van der Waals surface area (Å²) in [6.45, 7) is 5.47. The van der Waals surface area contributed by atoms with Crippen LogP contribution < -0.4 is 11.3 Å². The van der Waals surface area contributed by atoms with E-state index in [0.717, 1.165) is 12.8 Å². The summed E-state index contributed by atoms with van der Waals surface area (Å²) in [5.41, 5.74) is 2.21. The SMILES string of the molecule is CC1(C)CCC(=O)N(Cc2ccc(C(=O)NN)o2)CC1. The molecule has 2 rings (SSSR count). The summed E-state index contributed by atoms with van der Waals surface area (Å²) in [4.78, 5) is 25.2. The molecule has 0 aliphatic carbocycles. The van der Waals surface area contributed by atoms with Crippen LogP contribution in [0.2, 0.25) is 0 Å². The van der Waals surface area contributed by atoms with Crippen LogP contribution in [0.5, 0.6) is 0 Å². The standard InChI is InChI=1S/C14H21N3O3/c1-14(2)6-5-12(18)17(8-7-14)9-10-3-4-11(20-10)13(19)16-15/h3-4H,5-9,15H2,1-2H3,(H,16,19). The van der Waals surface area contributed by atoms with Crippen LogP contribution in [0.3, 0.4) is 0 Å². The second-order valence-electron chi connectivity index (χ2n) is 5.97. The molecule has 0 saturated carbocycles. The molecule has 110 valence electrons. The highest BCUT2D eigenvalue weighted by molar-refractivity contribution is 5.90. The van der Waals surface area contributed by atoms with E-state index < -0.39 is 5.91 Å². The molecule has 2 amide bonds. The third-order valence-corrected chi connectivity index (χ3v) is 3.79. The highest BCUT2D eigenvalue weighted by Gasteiger charge is 2.27. The van der Waals surface area contributed by atoms with E-state index in [1.807, 2.05) is 5.43 Å². The van der Waals surface area contributed by atoms with Crippen molar-refractivity contribution in [2.24, 2.45) is 11.3 Å². The van der Waals surface area contributed by atoms with Gasteiger partial charge in [0.15, 0.2) is 5.76 Å². The molecular weight excluding hydrogens is 258 g/mol. The molecule has 0 atom stereocenters. The van der Waals surface area contributed by atoms with Gasteiger partial charge in [-0.3, -0.25) is 15.0 Å². The molecule has 6 nitrogen and oxygen atoms in total. The number of carbonyl (C=O) groups is 2. The number of furan rings is 1. The van der Waals surface area contributed by atoms with E-state index in [-0.39, 0.29) is 17.1 Å². The molecule has 3 N–H and O–H groups in total. The second kappa shape index (κ2) is 5.66. The first-order valence-corrected chi connectivity index (χ1v) is 6.79. The summed E-state index contributed by atoms with van der Waals surface area (Å²) in [5, 5.41) is 0. The molecule has 0 spiro atoms. The van der Waals surface area contributed by atoms with Gasteiger partial charge >= 0.3 is 5.91 Å². The van der Waals surface area contributed by atoms with Gasteiger partial charge in [0.25, 0.3) is 0 Å². The molecule has 20 heavy (non-hydrogen) atoms. The first-order chi connectivity index (χ1) is 9.41. The summed E-state index contributed by atoms with van der Waals surface area (Å²) in [6.07, 6.45) is 2.43. The number of hydrazine groups is 1. The van der Waals surface area contributed by atoms with Crippen molar-refractivity contribution in [3.05, 3.63) is 23.7 Å². The van der Waals surface area contributed by atoms with E-state index in [4.69, 9.17) is 10.3 Å². The summed E-state index contributed by atoms with van der Waals surface area (Å²) in [5.74, 6) is 5.46. The normalized spacial score (nSPS) is 18.8. The van der Waals surface area contributed by atoms with Gasteiger partial charge in [-0.15, -0.1) is 0 Å². The minimum Gasteiger partial charge on any atom is -0.454 e. The highest BCUT2D eigenvalue weighted by Crippen LogP contribution is 2.30. The maximum Gasteiger partial charge on any atom is 0.300 e. The van der Waals surface area contributed by atoms with Crippen molar-refractivity contribution in [1.82, 2.24) is 10.3 Å². The molecule has 1 fully saturated rings.